The molecule has 1 unspecified atom stereocenters. The zero-order chi connectivity index (χ0) is 14.4. The van der Waals surface area contributed by atoms with Crippen LogP contribution in [0.2, 0.25) is 0 Å². The Labute approximate surface area is 112 Å². The quantitative estimate of drug-likeness (QED) is 0.808. The molecule has 0 aliphatic carbocycles. The fourth-order valence-electron chi connectivity index (χ4n) is 1.45. The molecule has 0 aliphatic rings. The number of carbonyl (C=O) groups excluding carboxylic acids is 1. The molecule has 3 nitrogen and oxygen atoms in total. The molecule has 1 N–H and O–H groups in total. The average Bonchev–Trinajstić information content (AvgIpc) is 2.31. The maximum Gasteiger partial charge on any atom is 0.308 e. The molecule has 5 heteroatoms. The Balaban J connectivity index is 2.35. The molecule has 0 radical (unpaired) electrons. The summed E-state index contributed by atoms with van der Waals surface area (Å²) in [6.45, 7) is 5.95. The van der Waals surface area contributed by atoms with Crippen molar-refractivity contribution in [3.8, 4) is 0 Å². The summed E-state index contributed by atoms with van der Waals surface area (Å²) in [4.78, 5) is 11.3. The van der Waals surface area contributed by atoms with Gasteiger partial charge in [-0.1, -0.05) is 19.9 Å². The summed E-state index contributed by atoms with van der Waals surface area (Å²) in [6, 6.07) is 3.45. The maximum absolute atomic E-state index is 13.3. The molecular formula is C14H19F2NO2. The molecule has 1 aromatic rings. The lowest BCUT2D eigenvalue weighted by Crippen LogP contribution is -2.30. The lowest BCUT2D eigenvalue weighted by Gasteiger charge is -2.15. The van der Waals surface area contributed by atoms with Gasteiger partial charge in [-0.3, -0.25) is 4.79 Å². The molecule has 0 saturated carbocycles. The van der Waals surface area contributed by atoms with E-state index in [1.165, 1.54) is 12.1 Å². The normalized spacial score (nSPS) is 12.5. The minimum atomic E-state index is -0.597. The number of ether oxygens (including phenoxy) is 1. The van der Waals surface area contributed by atoms with Gasteiger partial charge in [0.2, 0.25) is 0 Å². The highest BCUT2D eigenvalue weighted by molar-refractivity contribution is 5.71. The summed E-state index contributed by atoms with van der Waals surface area (Å²) in [5.41, 5.74) is 0.379. The predicted molar refractivity (Wildman–Crippen MR) is 68.5 cm³/mol. The molecule has 1 atom stereocenters. The van der Waals surface area contributed by atoms with Gasteiger partial charge in [-0.2, -0.15) is 0 Å². The van der Waals surface area contributed by atoms with E-state index in [9.17, 15) is 13.6 Å². The van der Waals surface area contributed by atoms with Crippen LogP contribution < -0.4 is 5.32 Å². The number of benzene rings is 1. The Hall–Kier alpha value is -1.49. The largest absolute Gasteiger partial charge is 0.461 e. The summed E-state index contributed by atoms with van der Waals surface area (Å²) < 4.78 is 31.2. The standard InChI is InChI=1S/C14H19F2NO2/c1-9(2)14(18)19-10(3)7-17-8-11-4-5-12(15)6-13(11)16/h4-6,9-10,17H,7-8H2,1-3H3. The van der Waals surface area contributed by atoms with E-state index in [1.807, 2.05) is 0 Å². The van der Waals surface area contributed by atoms with Gasteiger partial charge in [0.05, 0.1) is 5.92 Å². The highest BCUT2D eigenvalue weighted by Gasteiger charge is 2.13. The van der Waals surface area contributed by atoms with Gasteiger partial charge in [0.1, 0.15) is 17.7 Å². The summed E-state index contributed by atoms with van der Waals surface area (Å²) in [5.74, 6) is -1.61. The molecule has 19 heavy (non-hydrogen) atoms. The van der Waals surface area contributed by atoms with Crippen molar-refractivity contribution in [3.63, 3.8) is 0 Å². The van der Waals surface area contributed by atoms with Crippen LogP contribution in [0, 0.1) is 17.6 Å². The lowest BCUT2D eigenvalue weighted by atomic mass is 10.2. The van der Waals surface area contributed by atoms with Crippen molar-refractivity contribution in [2.24, 2.45) is 5.92 Å². The fourth-order valence-corrected chi connectivity index (χ4v) is 1.45. The van der Waals surface area contributed by atoms with Gasteiger partial charge < -0.3 is 10.1 Å². The summed E-state index contributed by atoms with van der Waals surface area (Å²) in [7, 11) is 0. The van der Waals surface area contributed by atoms with Gasteiger partial charge in [-0.15, -0.1) is 0 Å². The van der Waals surface area contributed by atoms with Gasteiger partial charge in [0.15, 0.2) is 0 Å². The van der Waals surface area contributed by atoms with E-state index >= 15 is 0 Å². The fraction of sp³-hybridized carbons (Fsp3) is 0.500. The number of halogens is 2. The molecular weight excluding hydrogens is 252 g/mol. The van der Waals surface area contributed by atoms with Gasteiger partial charge in [0, 0.05) is 24.7 Å². The Bertz CT molecular complexity index is 435. The van der Waals surface area contributed by atoms with Crippen LogP contribution in [0.15, 0.2) is 18.2 Å². The first kappa shape index (κ1) is 15.6. The Morgan fingerprint density at radius 3 is 2.58 bits per heavy atom. The Morgan fingerprint density at radius 2 is 2.00 bits per heavy atom. The molecule has 1 rings (SSSR count). The third-order valence-electron chi connectivity index (χ3n) is 2.55. The number of rotatable bonds is 6. The maximum atomic E-state index is 13.3. The van der Waals surface area contributed by atoms with Crippen LogP contribution in [0.4, 0.5) is 8.78 Å². The van der Waals surface area contributed by atoms with E-state index in [0.29, 0.717) is 12.1 Å². The Kier molecular flexibility index (Phi) is 5.89. The van der Waals surface area contributed by atoms with Gasteiger partial charge in [-0.05, 0) is 13.0 Å². The summed E-state index contributed by atoms with van der Waals surface area (Å²) >= 11 is 0. The van der Waals surface area contributed by atoms with Crippen molar-refractivity contribution >= 4 is 5.97 Å². The van der Waals surface area contributed by atoms with Crippen LogP contribution in [0.25, 0.3) is 0 Å². The second kappa shape index (κ2) is 7.19. The topological polar surface area (TPSA) is 38.3 Å². The van der Waals surface area contributed by atoms with Gasteiger partial charge >= 0.3 is 5.97 Å². The van der Waals surface area contributed by atoms with Crippen molar-refractivity contribution in [3.05, 3.63) is 35.4 Å². The zero-order valence-electron chi connectivity index (χ0n) is 11.4. The molecule has 0 spiro atoms. The van der Waals surface area contributed by atoms with E-state index in [1.54, 1.807) is 20.8 Å². The van der Waals surface area contributed by atoms with Crippen LogP contribution in [0.3, 0.4) is 0 Å². The predicted octanol–water partition coefficient (Wildman–Crippen LogP) is 2.64. The molecule has 0 aromatic heterocycles. The van der Waals surface area contributed by atoms with Crippen molar-refractivity contribution in [1.29, 1.82) is 0 Å². The zero-order valence-corrected chi connectivity index (χ0v) is 11.4. The van der Waals surface area contributed by atoms with E-state index in [2.05, 4.69) is 5.32 Å². The highest BCUT2D eigenvalue weighted by Crippen LogP contribution is 2.09. The number of esters is 1. The molecule has 0 bridgehead atoms. The summed E-state index contributed by atoms with van der Waals surface area (Å²) in [5, 5.41) is 2.97. The van der Waals surface area contributed by atoms with Crippen LogP contribution in [-0.4, -0.2) is 18.6 Å². The van der Waals surface area contributed by atoms with E-state index < -0.39 is 11.6 Å². The van der Waals surface area contributed by atoms with Crippen molar-refractivity contribution < 1.29 is 18.3 Å². The number of carbonyl (C=O) groups is 1. The first-order valence-corrected chi connectivity index (χ1v) is 6.25. The highest BCUT2D eigenvalue weighted by atomic mass is 19.1. The second-order valence-corrected chi connectivity index (χ2v) is 4.77. The molecule has 0 amide bonds. The molecule has 0 heterocycles. The van der Waals surface area contributed by atoms with Crippen molar-refractivity contribution in [2.45, 2.75) is 33.4 Å². The molecule has 0 fully saturated rings. The monoisotopic (exact) mass is 271 g/mol. The third kappa shape index (κ3) is 5.34. The van der Waals surface area contributed by atoms with Crippen LogP contribution >= 0.6 is 0 Å². The molecule has 106 valence electrons. The average molecular weight is 271 g/mol. The van der Waals surface area contributed by atoms with Crippen LogP contribution in [0.5, 0.6) is 0 Å². The van der Waals surface area contributed by atoms with E-state index in [-0.39, 0.29) is 24.5 Å². The van der Waals surface area contributed by atoms with Crippen LogP contribution in [-0.2, 0) is 16.1 Å². The second-order valence-electron chi connectivity index (χ2n) is 4.77. The first-order valence-electron chi connectivity index (χ1n) is 6.25. The molecule has 0 aliphatic heterocycles. The number of hydrogen-bond donors (Lipinski definition) is 1. The van der Waals surface area contributed by atoms with Gasteiger partial charge in [-0.25, -0.2) is 8.78 Å². The number of hydrogen-bond acceptors (Lipinski definition) is 3. The number of nitrogens with one attached hydrogen (secondary N) is 1. The SMILES string of the molecule is CC(CNCc1ccc(F)cc1F)OC(=O)C(C)C. The van der Waals surface area contributed by atoms with Crippen LogP contribution in [0.1, 0.15) is 26.3 Å². The van der Waals surface area contributed by atoms with E-state index in [0.717, 1.165) is 6.07 Å². The van der Waals surface area contributed by atoms with Crippen molar-refractivity contribution in [2.75, 3.05) is 6.54 Å². The Morgan fingerprint density at radius 1 is 1.32 bits per heavy atom. The lowest BCUT2D eigenvalue weighted by molar-refractivity contribution is -0.151. The minimum absolute atomic E-state index is 0.169. The van der Waals surface area contributed by atoms with E-state index in [4.69, 9.17) is 4.74 Å². The smallest absolute Gasteiger partial charge is 0.308 e. The third-order valence-corrected chi connectivity index (χ3v) is 2.55. The first-order chi connectivity index (χ1) is 8.90. The summed E-state index contributed by atoms with van der Waals surface area (Å²) in [6.07, 6.45) is -0.293. The minimum Gasteiger partial charge on any atom is -0.461 e. The van der Waals surface area contributed by atoms with Crippen molar-refractivity contribution in [1.82, 2.24) is 5.32 Å². The van der Waals surface area contributed by atoms with Gasteiger partial charge in [0.25, 0.3) is 0 Å². The molecule has 0 saturated heterocycles. The molecule has 1 aromatic carbocycles.